The zero-order valence-corrected chi connectivity index (χ0v) is 15.8. The lowest BCUT2D eigenvalue weighted by Crippen LogP contribution is -2.47. The molecule has 24 heavy (non-hydrogen) atoms. The first-order valence-corrected chi connectivity index (χ1v) is 10.1. The van der Waals surface area contributed by atoms with Crippen molar-refractivity contribution in [1.29, 1.82) is 0 Å². The van der Waals surface area contributed by atoms with Gasteiger partial charge in [-0.2, -0.15) is 16.9 Å². The van der Waals surface area contributed by atoms with Gasteiger partial charge in [-0.1, -0.05) is 37.3 Å². The van der Waals surface area contributed by atoms with Crippen LogP contribution >= 0.6 is 24.0 Å². The van der Waals surface area contributed by atoms with Crippen LogP contribution in [0.5, 0.6) is 0 Å². The standard InChI is InChI=1S/C18H26N4S2/c1-18(15-5-3-2-4-6-15)11-14(12-18)16(20-21-17(19)23)13-22-7-9-24-10-8-22/h2-6,14H,7-13H2,1H3,(H3,19,21,23)/b20-16-. The lowest BCUT2D eigenvalue weighted by Gasteiger charge is -2.47. The number of hydrogen-bond donors (Lipinski definition) is 2. The summed E-state index contributed by atoms with van der Waals surface area (Å²) < 4.78 is 0. The van der Waals surface area contributed by atoms with Crippen LogP contribution in [0.3, 0.4) is 0 Å². The zero-order valence-electron chi connectivity index (χ0n) is 14.2. The fraction of sp³-hybridized carbons (Fsp3) is 0.556. The molecule has 0 aromatic heterocycles. The van der Waals surface area contributed by atoms with Crippen LogP contribution in [0.2, 0.25) is 0 Å². The van der Waals surface area contributed by atoms with Gasteiger partial charge in [-0.15, -0.1) is 0 Å². The van der Waals surface area contributed by atoms with Crippen LogP contribution in [0.15, 0.2) is 35.4 Å². The highest BCUT2D eigenvalue weighted by molar-refractivity contribution is 7.99. The minimum atomic E-state index is 0.242. The van der Waals surface area contributed by atoms with Crippen LogP contribution in [0.1, 0.15) is 25.3 Å². The molecule has 2 fully saturated rings. The predicted molar refractivity (Wildman–Crippen MR) is 108 cm³/mol. The van der Waals surface area contributed by atoms with Crippen LogP contribution in [-0.2, 0) is 5.41 Å². The molecule has 0 amide bonds. The molecule has 3 N–H and O–H groups in total. The number of hydrogen-bond acceptors (Lipinski definition) is 4. The van der Waals surface area contributed by atoms with Gasteiger partial charge in [0.1, 0.15) is 0 Å². The van der Waals surface area contributed by atoms with Gasteiger partial charge in [0, 0.05) is 37.1 Å². The third-order valence-corrected chi connectivity index (χ3v) is 6.17. The second-order valence-electron chi connectivity index (χ2n) is 7.00. The van der Waals surface area contributed by atoms with E-state index >= 15 is 0 Å². The molecule has 3 rings (SSSR count). The molecule has 0 radical (unpaired) electrons. The fourth-order valence-corrected chi connectivity index (χ4v) is 4.74. The second kappa shape index (κ2) is 7.85. The smallest absolute Gasteiger partial charge is 0.184 e. The number of rotatable bonds is 5. The first-order valence-electron chi connectivity index (χ1n) is 8.54. The Morgan fingerprint density at radius 2 is 2.00 bits per heavy atom. The van der Waals surface area contributed by atoms with Gasteiger partial charge in [-0.3, -0.25) is 10.3 Å². The molecule has 1 heterocycles. The largest absolute Gasteiger partial charge is 0.375 e. The predicted octanol–water partition coefficient (Wildman–Crippen LogP) is 2.59. The van der Waals surface area contributed by atoms with Crippen LogP contribution in [-0.4, -0.2) is 46.9 Å². The summed E-state index contributed by atoms with van der Waals surface area (Å²) >= 11 is 6.95. The minimum Gasteiger partial charge on any atom is -0.375 e. The van der Waals surface area contributed by atoms with E-state index in [9.17, 15) is 0 Å². The average Bonchev–Trinajstić information content (AvgIpc) is 2.57. The summed E-state index contributed by atoms with van der Waals surface area (Å²) in [7, 11) is 0. The molecule has 1 aliphatic carbocycles. The number of thioether (sulfide) groups is 1. The van der Waals surface area contributed by atoms with Crippen LogP contribution in [0, 0.1) is 5.92 Å². The SMILES string of the molecule is CC1(c2ccccc2)CC(/C(CN2CCSCC2)=N\NC(N)=S)C1. The summed E-state index contributed by atoms with van der Waals surface area (Å²) in [6, 6.07) is 10.8. The normalized spacial score (nSPS) is 28.2. The molecule has 130 valence electrons. The maximum atomic E-state index is 5.57. The Balaban J connectivity index is 1.66. The third-order valence-electron chi connectivity index (χ3n) is 5.13. The van der Waals surface area contributed by atoms with E-state index in [1.54, 1.807) is 0 Å². The molecule has 1 aromatic carbocycles. The molecule has 1 saturated heterocycles. The van der Waals surface area contributed by atoms with Crippen molar-refractivity contribution in [2.45, 2.75) is 25.2 Å². The van der Waals surface area contributed by atoms with Gasteiger partial charge in [0.25, 0.3) is 0 Å². The molecule has 2 aliphatic rings. The topological polar surface area (TPSA) is 53.6 Å². The number of nitrogens with two attached hydrogens (primary N) is 1. The van der Waals surface area contributed by atoms with Crippen molar-refractivity contribution < 1.29 is 0 Å². The molecule has 0 atom stereocenters. The van der Waals surface area contributed by atoms with Crippen LogP contribution in [0.4, 0.5) is 0 Å². The number of nitrogens with zero attached hydrogens (tertiary/aromatic N) is 2. The highest BCUT2D eigenvalue weighted by Gasteiger charge is 2.43. The lowest BCUT2D eigenvalue weighted by atomic mass is 9.58. The van der Waals surface area contributed by atoms with Gasteiger partial charge in [-0.25, -0.2) is 0 Å². The van der Waals surface area contributed by atoms with E-state index < -0.39 is 0 Å². The summed E-state index contributed by atoms with van der Waals surface area (Å²) in [6.45, 7) is 5.56. The van der Waals surface area contributed by atoms with Crippen LogP contribution < -0.4 is 11.2 Å². The molecule has 0 spiro atoms. The molecule has 1 aromatic rings. The van der Waals surface area contributed by atoms with E-state index in [2.05, 4.69) is 52.7 Å². The van der Waals surface area contributed by atoms with E-state index in [-0.39, 0.29) is 10.5 Å². The number of nitrogens with one attached hydrogen (secondary N) is 1. The van der Waals surface area contributed by atoms with Crippen molar-refractivity contribution >= 4 is 34.8 Å². The first-order chi connectivity index (χ1) is 11.6. The highest BCUT2D eigenvalue weighted by atomic mass is 32.2. The van der Waals surface area contributed by atoms with Crippen molar-refractivity contribution in [1.82, 2.24) is 10.3 Å². The van der Waals surface area contributed by atoms with E-state index in [0.29, 0.717) is 5.92 Å². The fourth-order valence-electron chi connectivity index (χ4n) is 3.71. The summed E-state index contributed by atoms with van der Waals surface area (Å²) in [5.74, 6) is 2.93. The van der Waals surface area contributed by atoms with Crippen molar-refractivity contribution in [3.8, 4) is 0 Å². The van der Waals surface area contributed by atoms with Gasteiger partial charge in [0.2, 0.25) is 0 Å². The third kappa shape index (κ3) is 4.29. The number of benzene rings is 1. The molecular formula is C18H26N4S2. The molecule has 0 bridgehead atoms. The van der Waals surface area contributed by atoms with Crippen LogP contribution in [0.25, 0.3) is 0 Å². The summed E-state index contributed by atoms with van der Waals surface area (Å²) in [6.07, 6.45) is 2.27. The average molecular weight is 363 g/mol. The van der Waals surface area contributed by atoms with E-state index in [0.717, 1.165) is 32.5 Å². The molecule has 1 aliphatic heterocycles. The van der Waals surface area contributed by atoms with E-state index in [1.807, 2.05) is 11.8 Å². The van der Waals surface area contributed by atoms with E-state index in [1.165, 1.54) is 22.8 Å². The maximum Gasteiger partial charge on any atom is 0.184 e. The monoisotopic (exact) mass is 362 g/mol. The maximum absolute atomic E-state index is 5.57. The molecule has 4 nitrogen and oxygen atoms in total. The second-order valence-corrected chi connectivity index (χ2v) is 8.66. The summed E-state index contributed by atoms with van der Waals surface area (Å²) in [5.41, 5.74) is 11.3. The summed E-state index contributed by atoms with van der Waals surface area (Å²) in [4.78, 5) is 2.49. The molecule has 6 heteroatoms. The van der Waals surface area contributed by atoms with Gasteiger partial charge < -0.3 is 5.73 Å². The molecule has 0 unspecified atom stereocenters. The van der Waals surface area contributed by atoms with Gasteiger partial charge in [0.15, 0.2) is 5.11 Å². The lowest BCUT2D eigenvalue weighted by molar-refractivity contribution is 0.210. The molecular weight excluding hydrogens is 336 g/mol. The Morgan fingerprint density at radius 1 is 1.33 bits per heavy atom. The Labute approximate surface area is 154 Å². The number of hydrazone groups is 1. The van der Waals surface area contributed by atoms with Crippen molar-refractivity contribution in [3.05, 3.63) is 35.9 Å². The van der Waals surface area contributed by atoms with Crippen molar-refractivity contribution in [2.24, 2.45) is 16.8 Å². The first kappa shape index (κ1) is 17.7. The Hall–Kier alpha value is -1.11. The highest BCUT2D eigenvalue weighted by Crippen LogP contribution is 2.48. The summed E-state index contributed by atoms with van der Waals surface area (Å²) in [5, 5.41) is 4.79. The number of thiocarbonyl (C=S) groups is 1. The molecule has 1 saturated carbocycles. The Bertz CT molecular complexity index is 590. The van der Waals surface area contributed by atoms with Gasteiger partial charge in [0.05, 0.1) is 5.71 Å². The van der Waals surface area contributed by atoms with Crippen molar-refractivity contribution in [2.75, 3.05) is 31.1 Å². The Morgan fingerprint density at radius 3 is 2.62 bits per heavy atom. The van der Waals surface area contributed by atoms with E-state index in [4.69, 9.17) is 18.0 Å². The van der Waals surface area contributed by atoms with Crippen molar-refractivity contribution in [3.63, 3.8) is 0 Å². The minimum absolute atomic E-state index is 0.242. The quantitative estimate of drug-likeness (QED) is 0.479. The Kier molecular flexibility index (Phi) is 5.79. The van der Waals surface area contributed by atoms with Gasteiger partial charge >= 0.3 is 0 Å². The van der Waals surface area contributed by atoms with Gasteiger partial charge in [-0.05, 0) is 36.0 Å². The zero-order chi connectivity index (χ0) is 17.0.